The van der Waals surface area contributed by atoms with Crippen LogP contribution in [0.3, 0.4) is 0 Å². The molecule has 1 fully saturated rings. The molecule has 0 aromatic carbocycles. The first kappa shape index (κ1) is 18.4. The second-order valence-corrected chi connectivity index (χ2v) is 8.60. The normalized spacial score (nSPS) is 18.8. The largest absolute Gasteiger partial charge is 0.348 e. The fourth-order valence-corrected chi connectivity index (χ4v) is 3.50. The van der Waals surface area contributed by atoms with Gasteiger partial charge >= 0.3 is 0 Å². The Hall–Kier alpha value is -0.610. The van der Waals surface area contributed by atoms with Crippen LogP contribution in [0.2, 0.25) is 0 Å². The van der Waals surface area contributed by atoms with E-state index in [2.05, 4.69) is 44.8 Å². The second kappa shape index (κ2) is 7.10. The van der Waals surface area contributed by atoms with E-state index < -0.39 is 0 Å². The molecule has 1 aliphatic rings. The van der Waals surface area contributed by atoms with Gasteiger partial charge in [0, 0.05) is 38.8 Å². The fourth-order valence-electron chi connectivity index (χ4n) is 3.50. The molecular formula is C17H35N3O. The average molecular weight is 297 g/mol. The molecule has 0 atom stereocenters. The molecule has 0 spiro atoms. The summed E-state index contributed by atoms with van der Waals surface area (Å²) in [5, 5.41) is 3.83. The van der Waals surface area contributed by atoms with Crippen LogP contribution in [0.4, 0.5) is 0 Å². The summed E-state index contributed by atoms with van der Waals surface area (Å²) in [4.78, 5) is 15.7. The van der Waals surface area contributed by atoms with Crippen LogP contribution in [0.25, 0.3) is 0 Å². The number of rotatable bonds is 5. The van der Waals surface area contributed by atoms with Gasteiger partial charge in [-0.05, 0) is 38.5 Å². The van der Waals surface area contributed by atoms with Crippen LogP contribution < -0.4 is 5.32 Å². The van der Waals surface area contributed by atoms with Gasteiger partial charge in [-0.2, -0.15) is 0 Å². The molecule has 0 bridgehead atoms. The zero-order valence-corrected chi connectivity index (χ0v) is 15.1. The molecule has 21 heavy (non-hydrogen) atoms. The van der Waals surface area contributed by atoms with Gasteiger partial charge in [-0.15, -0.1) is 0 Å². The maximum Gasteiger partial charge on any atom is 0.236 e. The third-order valence-electron chi connectivity index (χ3n) is 4.01. The number of likely N-dealkylation sites (N-methyl/N-ethyl adjacent to an activating group) is 1. The van der Waals surface area contributed by atoms with Crippen molar-refractivity contribution in [1.29, 1.82) is 0 Å². The maximum atomic E-state index is 11.7. The molecule has 4 nitrogen and oxygen atoms in total. The summed E-state index contributed by atoms with van der Waals surface area (Å²) >= 11 is 0. The number of nitrogens with one attached hydrogen (secondary N) is 1. The standard InChI is InChI=1S/C17H35N3O/c1-16(2,3)13-17(4,5)18-14-8-10-20(11-9-14)12-15(21)19(6)7/h14,18H,8-13H2,1-7H3. The zero-order valence-electron chi connectivity index (χ0n) is 15.1. The van der Waals surface area contributed by atoms with E-state index in [1.165, 1.54) is 6.42 Å². The van der Waals surface area contributed by atoms with Gasteiger partial charge in [-0.1, -0.05) is 20.8 Å². The number of hydrogen-bond donors (Lipinski definition) is 1. The minimum absolute atomic E-state index is 0.171. The highest BCUT2D eigenvalue weighted by atomic mass is 16.2. The predicted octanol–water partition coefficient (Wildman–Crippen LogP) is 2.34. The Morgan fingerprint density at radius 3 is 2.10 bits per heavy atom. The van der Waals surface area contributed by atoms with Crippen LogP contribution in [0.5, 0.6) is 0 Å². The summed E-state index contributed by atoms with van der Waals surface area (Å²) in [5.74, 6) is 0.203. The van der Waals surface area contributed by atoms with Crippen molar-refractivity contribution in [2.75, 3.05) is 33.7 Å². The highest BCUT2D eigenvalue weighted by molar-refractivity contribution is 5.77. The van der Waals surface area contributed by atoms with Crippen molar-refractivity contribution in [2.24, 2.45) is 5.41 Å². The molecule has 4 heteroatoms. The maximum absolute atomic E-state index is 11.7. The lowest BCUT2D eigenvalue weighted by Crippen LogP contribution is -2.52. The number of carbonyl (C=O) groups is 1. The third kappa shape index (κ3) is 7.28. The molecule has 1 amide bonds. The van der Waals surface area contributed by atoms with E-state index in [0.717, 1.165) is 25.9 Å². The number of likely N-dealkylation sites (tertiary alicyclic amines) is 1. The first-order valence-corrected chi connectivity index (χ1v) is 8.19. The highest BCUT2D eigenvalue weighted by Gasteiger charge is 2.29. The van der Waals surface area contributed by atoms with Crippen molar-refractivity contribution < 1.29 is 4.79 Å². The van der Waals surface area contributed by atoms with Gasteiger partial charge in [0.1, 0.15) is 0 Å². The Kier molecular flexibility index (Phi) is 6.23. The molecule has 1 heterocycles. The van der Waals surface area contributed by atoms with E-state index in [4.69, 9.17) is 0 Å². The smallest absolute Gasteiger partial charge is 0.236 e. The van der Waals surface area contributed by atoms with Gasteiger partial charge in [-0.25, -0.2) is 0 Å². The summed E-state index contributed by atoms with van der Waals surface area (Å²) in [7, 11) is 3.65. The molecule has 0 aromatic rings. The molecule has 0 unspecified atom stereocenters. The first-order valence-electron chi connectivity index (χ1n) is 8.19. The van der Waals surface area contributed by atoms with Crippen LogP contribution >= 0.6 is 0 Å². The Balaban J connectivity index is 2.38. The Bertz CT molecular complexity index is 336. The summed E-state index contributed by atoms with van der Waals surface area (Å²) in [6.07, 6.45) is 3.43. The third-order valence-corrected chi connectivity index (χ3v) is 4.01. The van der Waals surface area contributed by atoms with Crippen molar-refractivity contribution in [1.82, 2.24) is 15.1 Å². The summed E-state index contributed by atoms with van der Waals surface area (Å²) < 4.78 is 0. The zero-order chi connectivity index (χ0) is 16.3. The molecule has 0 saturated carbocycles. The molecule has 1 saturated heterocycles. The molecule has 1 N–H and O–H groups in total. The van der Waals surface area contributed by atoms with Crippen molar-refractivity contribution in [2.45, 2.75) is 65.5 Å². The topological polar surface area (TPSA) is 35.6 Å². The number of hydrogen-bond acceptors (Lipinski definition) is 3. The molecule has 1 aliphatic heterocycles. The predicted molar refractivity (Wildman–Crippen MR) is 89.4 cm³/mol. The van der Waals surface area contributed by atoms with E-state index in [-0.39, 0.29) is 11.4 Å². The monoisotopic (exact) mass is 297 g/mol. The van der Waals surface area contributed by atoms with Crippen LogP contribution in [-0.2, 0) is 4.79 Å². The lowest BCUT2D eigenvalue weighted by Gasteiger charge is -2.40. The number of piperidine rings is 1. The van der Waals surface area contributed by atoms with Crippen LogP contribution in [0, 0.1) is 5.41 Å². The van der Waals surface area contributed by atoms with E-state index in [1.54, 1.807) is 4.90 Å². The van der Waals surface area contributed by atoms with Crippen molar-refractivity contribution in [3.63, 3.8) is 0 Å². The summed E-state index contributed by atoms with van der Waals surface area (Å²) in [6.45, 7) is 14.1. The Morgan fingerprint density at radius 1 is 1.14 bits per heavy atom. The van der Waals surface area contributed by atoms with Crippen molar-refractivity contribution in [3.05, 3.63) is 0 Å². The van der Waals surface area contributed by atoms with Gasteiger partial charge in [0.15, 0.2) is 0 Å². The van der Waals surface area contributed by atoms with E-state index in [0.29, 0.717) is 18.0 Å². The molecule has 0 aromatic heterocycles. The summed E-state index contributed by atoms with van der Waals surface area (Å²) in [5.41, 5.74) is 0.514. The minimum atomic E-state index is 0.171. The van der Waals surface area contributed by atoms with E-state index >= 15 is 0 Å². The number of amides is 1. The van der Waals surface area contributed by atoms with Gasteiger partial charge < -0.3 is 10.2 Å². The van der Waals surface area contributed by atoms with Crippen LogP contribution in [-0.4, -0.2) is 61.0 Å². The quantitative estimate of drug-likeness (QED) is 0.846. The first-order chi connectivity index (χ1) is 9.48. The van der Waals surface area contributed by atoms with Gasteiger partial charge in [0.2, 0.25) is 5.91 Å². The number of carbonyl (C=O) groups excluding carboxylic acids is 1. The average Bonchev–Trinajstić information content (AvgIpc) is 2.27. The Morgan fingerprint density at radius 2 is 1.67 bits per heavy atom. The molecule has 0 aliphatic carbocycles. The van der Waals surface area contributed by atoms with Gasteiger partial charge in [0.25, 0.3) is 0 Å². The fraction of sp³-hybridized carbons (Fsp3) is 0.941. The van der Waals surface area contributed by atoms with Crippen molar-refractivity contribution >= 4 is 5.91 Å². The van der Waals surface area contributed by atoms with Crippen LogP contribution in [0.15, 0.2) is 0 Å². The molecule has 1 rings (SSSR count). The van der Waals surface area contributed by atoms with Gasteiger partial charge in [0.05, 0.1) is 6.54 Å². The highest BCUT2D eigenvalue weighted by Crippen LogP contribution is 2.28. The van der Waals surface area contributed by atoms with E-state index in [9.17, 15) is 4.79 Å². The lowest BCUT2D eigenvalue weighted by atomic mass is 9.81. The van der Waals surface area contributed by atoms with Crippen LogP contribution in [0.1, 0.15) is 53.9 Å². The Labute approximate surface area is 131 Å². The summed E-state index contributed by atoms with van der Waals surface area (Å²) in [6, 6.07) is 0.577. The number of nitrogens with zero attached hydrogens (tertiary/aromatic N) is 2. The SMILES string of the molecule is CN(C)C(=O)CN1CCC(NC(C)(C)CC(C)(C)C)CC1. The molecular weight excluding hydrogens is 262 g/mol. The van der Waals surface area contributed by atoms with Crippen molar-refractivity contribution in [3.8, 4) is 0 Å². The molecule has 124 valence electrons. The molecule has 0 radical (unpaired) electrons. The second-order valence-electron chi connectivity index (χ2n) is 8.60. The van der Waals surface area contributed by atoms with Gasteiger partial charge in [-0.3, -0.25) is 9.69 Å². The van der Waals surface area contributed by atoms with E-state index in [1.807, 2.05) is 14.1 Å². The minimum Gasteiger partial charge on any atom is -0.348 e. The lowest BCUT2D eigenvalue weighted by molar-refractivity contribution is -0.130.